The molecule has 1 aromatic carbocycles. The number of amides is 1. The van der Waals surface area contributed by atoms with Crippen LogP contribution in [-0.2, 0) is 21.4 Å². The van der Waals surface area contributed by atoms with Gasteiger partial charge in [-0.3, -0.25) is 4.79 Å². The topological polar surface area (TPSA) is 60.9 Å². The summed E-state index contributed by atoms with van der Waals surface area (Å²) in [4.78, 5) is 14.2. The number of carbonyl (C=O) groups excluding carboxylic acids is 1. The molecule has 1 aromatic rings. The monoisotopic (exact) mass is 421 g/mol. The van der Waals surface area contributed by atoms with E-state index >= 15 is 0 Å². The van der Waals surface area contributed by atoms with Crippen molar-refractivity contribution in [3.63, 3.8) is 0 Å². The number of piperazine rings is 1. The lowest BCUT2D eigenvalue weighted by Gasteiger charge is -2.36. The molecule has 146 valence electrons. The third-order valence-electron chi connectivity index (χ3n) is 4.57. The minimum absolute atomic E-state index is 0.0101. The summed E-state index contributed by atoms with van der Waals surface area (Å²) in [5.74, 6) is 0.0101. The van der Waals surface area contributed by atoms with Crippen LogP contribution < -0.4 is 0 Å². The van der Waals surface area contributed by atoms with E-state index in [1.807, 2.05) is 19.9 Å². The van der Waals surface area contributed by atoms with E-state index < -0.39 is 10.2 Å². The average molecular weight is 422 g/mol. The van der Waals surface area contributed by atoms with E-state index in [4.69, 9.17) is 23.2 Å². The highest BCUT2D eigenvalue weighted by molar-refractivity contribution is 7.86. The molecule has 26 heavy (non-hydrogen) atoms. The van der Waals surface area contributed by atoms with Gasteiger partial charge in [-0.05, 0) is 24.1 Å². The quantitative estimate of drug-likeness (QED) is 0.679. The molecule has 1 aliphatic rings. The second kappa shape index (κ2) is 9.37. The second-order valence-corrected chi connectivity index (χ2v) is 8.88. The molecule has 0 unspecified atom stereocenters. The summed E-state index contributed by atoms with van der Waals surface area (Å²) in [6.07, 6.45) is 0.872. The van der Waals surface area contributed by atoms with Gasteiger partial charge < -0.3 is 4.90 Å². The maximum atomic E-state index is 12.5. The van der Waals surface area contributed by atoms with E-state index in [1.165, 1.54) is 8.61 Å². The van der Waals surface area contributed by atoms with Gasteiger partial charge in [0.25, 0.3) is 10.2 Å². The summed E-state index contributed by atoms with van der Waals surface area (Å²) in [5, 5.41) is 1.12. The fourth-order valence-electron chi connectivity index (χ4n) is 3.01. The third kappa shape index (κ3) is 5.10. The summed E-state index contributed by atoms with van der Waals surface area (Å²) in [6.45, 7) is 6.00. The molecule has 9 heteroatoms. The molecule has 6 nitrogen and oxygen atoms in total. The van der Waals surface area contributed by atoms with Gasteiger partial charge >= 0.3 is 0 Å². The van der Waals surface area contributed by atoms with Crippen molar-refractivity contribution in [2.75, 3.05) is 39.3 Å². The van der Waals surface area contributed by atoms with E-state index in [0.717, 1.165) is 5.56 Å². The molecular formula is C17H25Cl2N3O3S. The van der Waals surface area contributed by atoms with Crippen LogP contribution >= 0.6 is 23.2 Å². The Morgan fingerprint density at radius 1 is 1.12 bits per heavy atom. The molecule has 2 rings (SSSR count). The first-order chi connectivity index (χ1) is 12.3. The number of carbonyl (C=O) groups is 1. The Morgan fingerprint density at radius 3 is 2.27 bits per heavy atom. The van der Waals surface area contributed by atoms with Gasteiger partial charge in [0.15, 0.2) is 0 Å². The summed E-state index contributed by atoms with van der Waals surface area (Å²) in [7, 11) is -3.44. The predicted molar refractivity (Wildman–Crippen MR) is 105 cm³/mol. The second-order valence-electron chi connectivity index (χ2n) is 6.11. The summed E-state index contributed by atoms with van der Waals surface area (Å²) in [6, 6.07) is 5.25. The summed E-state index contributed by atoms with van der Waals surface area (Å²) in [5.41, 5.74) is 0.882. The van der Waals surface area contributed by atoms with Crippen LogP contribution in [0.5, 0.6) is 0 Å². The summed E-state index contributed by atoms with van der Waals surface area (Å²) >= 11 is 12.0. The van der Waals surface area contributed by atoms with Gasteiger partial charge in [0.05, 0.1) is 0 Å². The molecule has 1 fully saturated rings. The van der Waals surface area contributed by atoms with Gasteiger partial charge in [-0.15, -0.1) is 0 Å². The van der Waals surface area contributed by atoms with Crippen molar-refractivity contribution < 1.29 is 13.2 Å². The summed E-state index contributed by atoms with van der Waals surface area (Å²) < 4.78 is 27.9. The Kier molecular flexibility index (Phi) is 7.73. The smallest absolute Gasteiger partial charge is 0.282 e. The number of hydrogen-bond acceptors (Lipinski definition) is 3. The normalized spacial score (nSPS) is 16.3. The van der Waals surface area contributed by atoms with Crippen LogP contribution in [0.4, 0.5) is 0 Å². The zero-order valence-corrected chi connectivity index (χ0v) is 17.4. The number of benzene rings is 1. The number of hydrogen-bond donors (Lipinski definition) is 0. The SMILES string of the molecule is CCN(CC)S(=O)(=O)N1CCN(C(=O)CCc2ccc(Cl)cc2Cl)CC1. The molecule has 0 radical (unpaired) electrons. The minimum Gasteiger partial charge on any atom is -0.340 e. The predicted octanol–water partition coefficient (Wildman–Crippen LogP) is 2.66. The highest BCUT2D eigenvalue weighted by Gasteiger charge is 2.31. The van der Waals surface area contributed by atoms with Crippen molar-refractivity contribution in [1.29, 1.82) is 0 Å². The van der Waals surface area contributed by atoms with Gasteiger partial charge in [0.2, 0.25) is 5.91 Å². The molecule has 1 saturated heterocycles. The molecule has 1 heterocycles. The molecule has 0 atom stereocenters. The average Bonchev–Trinajstić information content (AvgIpc) is 2.61. The largest absolute Gasteiger partial charge is 0.340 e. The maximum absolute atomic E-state index is 12.5. The number of nitrogens with zero attached hydrogens (tertiary/aromatic N) is 3. The minimum atomic E-state index is -3.44. The van der Waals surface area contributed by atoms with Gasteiger partial charge in [-0.25, -0.2) is 0 Å². The number of aryl methyl sites for hydroxylation is 1. The molecule has 0 N–H and O–H groups in total. The first kappa shape index (κ1) is 21.4. The molecular weight excluding hydrogens is 397 g/mol. The van der Waals surface area contributed by atoms with Crippen molar-refractivity contribution >= 4 is 39.3 Å². The van der Waals surface area contributed by atoms with E-state index in [2.05, 4.69) is 0 Å². The molecule has 0 spiro atoms. The molecule has 1 amide bonds. The maximum Gasteiger partial charge on any atom is 0.282 e. The Hall–Kier alpha value is -0.860. The van der Waals surface area contributed by atoms with Crippen molar-refractivity contribution in [3.05, 3.63) is 33.8 Å². The zero-order valence-electron chi connectivity index (χ0n) is 15.1. The van der Waals surface area contributed by atoms with Crippen LogP contribution in [0.3, 0.4) is 0 Å². The van der Waals surface area contributed by atoms with Crippen LogP contribution in [0, 0.1) is 0 Å². The fraction of sp³-hybridized carbons (Fsp3) is 0.588. The van der Waals surface area contributed by atoms with Crippen molar-refractivity contribution in [1.82, 2.24) is 13.5 Å². The lowest BCUT2D eigenvalue weighted by molar-refractivity contribution is -0.132. The highest BCUT2D eigenvalue weighted by atomic mass is 35.5. The Balaban J connectivity index is 1.88. The zero-order chi connectivity index (χ0) is 19.3. The Bertz CT molecular complexity index is 731. The van der Waals surface area contributed by atoms with Gasteiger partial charge in [-0.1, -0.05) is 43.1 Å². The lowest BCUT2D eigenvalue weighted by atomic mass is 10.1. The molecule has 0 saturated carbocycles. The van der Waals surface area contributed by atoms with Crippen molar-refractivity contribution in [2.24, 2.45) is 0 Å². The standard InChI is InChI=1S/C17H25Cl2N3O3S/c1-3-21(4-2)26(24,25)22-11-9-20(10-12-22)17(23)8-6-14-5-7-15(18)13-16(14)19/h5,7,13H,3-4,6,8-12H2,1-2H3. The highest BCUT2D eigenvalue weighted by Crippen LogP contribution is 2.22. The number of halogens is 2. The molecule has 1 aliphatic heterocycles. The molecule has 0 bridgehead atoms. The molecule has 0 aliphatic carbocycles. The van der Waals surface area contributed by atoms with E-state index in [9.17, 15) is 13.2 Å². The van der Waals surface area contributed by atoms with E-state index in [1.54, 1.807) is 17.0 Å². The Morgan fingerprint density at radius 2 is 1.73 bits per heavy atom. The molecule has 0 aromatic heterocycles. The Labute approximate surface area is 165 Å². The first-order valence-corrected chi connectivity index (χ1v) is 10.9. The third-order valence-corrected chi connectivity index (χ3v) is 7.35. The van der Waals surface area contributed by atoms with Crippen LogP contribution in [0.2, 0.25) is 10.0 Å². The van der Waals surface area contributed by atoms with Gasteiger partial charge in [0.1, 0.15) is 0 Å². The van der Waals surface area contributed by atoms with E-state index in [-0.39, 0.29) is 5.91 Å². The fourth-order valence-corrected chi connectivity index (χ4v) is 5.11. The van der Waals surface area contributed by atoms with Gasteiger partial charge in [0, 0.05) is 55.7 Å². The van der Waals surface area contributed by atoms with Crippen LogP contribution in [0.15, 0.2) is 18.2 Å². The van der Waals surface area contributed by atoms with Crippen LogP contribution in [0.25, 0.3) is 0 Å². The van der Waals surface area contributed by atoms with Crippen LogP contribution in [-0.4, -0.2) is 67.1 Å². The van der Waals surface area contributed by atoms with Gasteiger partial charge in [-0.2, -0.15) is 17.0 Å². The first-order valence-electron chi connectivity index (χ1n) is 8.76. The van der Waals surface area contributed by atoms with Crippen molar-refractivity contribution in [3.8, 4) is 0 Å². The van der Waals surface area contributed by atoms with E-state index in [0.29, 0.717) is 62.2 Å². The number of rotatable bonds is 7. The van der Waals surface area contributed by atoms with Crippen molar-refractivity contribution in [2.45, 2.75) is 26.7 Å². The lowest BCUT2D eigenvalue weighted by Crippen LogP contribution is -2.54. The van der Waals surface area contributed by atoms with Crippen LogP contribution in [0.1, 0.15) is 25.8 Å².